The maximum atomic E-state index is 13.2. The first-order chi connectivity index (χ1) is 13.5. The van der Waals surface area contributed by atoms with Gasteiger partial charge in [-0.05, 0) is 50.6 Å². The van der Waals surface area contributed by atoms with E-state index in [-0.39, 0.29) is 30.2 Å². The number of nitrogens with zero attached hydrogens (tertiary/aromatic N) is 3. The molecule has 0 aliphatic heterocycles. The van der Waals surface area contributed by atoms with Crippen molar-refractivity contribution >= 4 is 29.7 Å². The predicted molar refractivity (Wildman–Crippen MR) is 114 cm³/mol. The molecule has 3 aromatic rings. The summed E-state index contributed by atoms with van der Waals surface area (Å²) in [6.07, 6.45) is 6.30. The van der Waals surface area contributed by atoms with E-state index in [1.165, 1.54) is 12.1 Å². The van der Waals surface area contributed by atoms with Crippen LogP contribution < -0.4 is 10.6 Å². The molecule has 9 heteroatoms. The largest absolute Gasteiger partial charge is 0.347 e. The van der Waals surface area contributed by atoms with Crippen LogP contribution >= 0.6 is 23.7 Å². The Morgan fingerprint density at radius 1 is 1.34 bits per heavy atom. The molecule has 4 rings (SSSR count). The van der Waals surface area contributed by atoms with Crippen LogP contribution in [0, 0.1) is 5.82 Å². The lowest BCUT2D eigenvalue weighted by Crippen LogP contribution is -2.38. The third kappa shape index (κ3) is 4.49. The number of benzene rings is 1. The van der Waals surface area contributed by atoms with Crippen LogP contribution in [0.15, 0.2) is 36.7 Å². The average Bonchev–Trinajstić information content (AvgIpc) is 3.30. The lowest BCUT2D eigenvalue weighted by atomic mass is 9.97. The second kappa shape index (κ2) is 9.02. The van der Waals surface area contributed by atoms with Gasteiger partial charge in [0, 0.05) is 24.4 Å². The first-order valence-electron chi connectivity index (χ1n) is 9.27. The number of amides is 1. The van der Waals surface area contributed by atoms with Crippen molar-refractivity contribution in [1.82, 2.24) is 25.4 Å². The van der Waals surface area contributed by atoms with Gasteiger partial charge >= 0.3 is 0 Å². The van der Waals surface area contributed by atoms with Crippen LogP contribution in [0.1, 0.15) is 41.1 Å². The Hall–Kier alpha value is -2.29. The second-order valence-corrected chi connectivity index (χ2v) is 7.99. The number of hydrogen-bond acceptors (Lipinski definition) is 5. The van der Waals surface area contributed by atoms with E-state index < -0.39 is 6.04 Å². The molecule has 0 saturated heterocycles. The molecule has 2 N–H and O–H groups in total. The molecular weight excluding hydrogens is 413 g/mol. The van der Waals surface area contributed by atoms with Crippen LogP contribution in [0.4, 0.5) is 4.39 Å². The summed E-state index contributed by atoms with van der Waals surface area (Å²) in [4.78, 5) is 18.8. The van der Waals surface area contributed by atoms with Gasteiger partial charge in [0.1, 0.15) is 16.9 Å². The normalized spacial score (nSPS) is 16.6. The van der Waals surface area contributed by atoms with Gasteiger partial charge in [-0.2, -0.15) is 5.10 Å². The summed E-state index contributed by atoms with van der Waals surface area (Å²) in [5, 5.41) is 11.3. The molecule has 1 aliphatic rings. The number of aromatic nitrogens is 3. The topological polar surface area (TPSA) is 71.8 Å². The molecule has 154 valence electrons. The van der Waals surface area contributed by atoms with Crippen molar-refractivity contribution in [2.45, 2.75) is 31.3 Å². The summed E-state index contributed by atoms with van der Waals surface area (Å²) in [7, 11) is 3.60. The molecule has 0 radical (unpaired) electrons. The highest BCUT2D eigenvalue weighted by Crippen LogP contribution is 2.38. The molecule has 2 atom stereocenters. The number of likely N-dealkylation sites (N-methyl/N-ethyl adjacent to an activating group) is 1. The van der Waals surface area contributed by atoms with Crippen molar-refractivity contribution in [1.29, 1.82) is 0 Å². The molecule has 2 heterocycles. The van der Waals surface area contributed by atoms with Gasteiger partial charge in [0.2, 0.25) is 5.91 Å². The maximum absolute atomic E-state index is 13.2. The fourth-order valence-electron chi connectivity index (χ4n) is 3.57. The Morgan fingerprint density at radius 3 is 2.76 bits per heavy atom. The van der Waals surface area contributed by atoms with Crippen LogP contribution in [0.3, 0.4) is 0 Å². The number of hydrogen-bond donors (Lipinski definition) is 2. The molecule has 0 bridgehead atoms. The Balaban J connectivity index is 0.00000240. The summed E-state index contributed by atoms with van der Waals surface area (Å²) >= 11 is 1.58. The Bertz CT molecular complexity index is 987. The fourth-order valence-corrected chi connectivity index (χ4v) is 4.77. The zero-order valence-electron chi connectivity index (χ0n) is 16.2. The molecule has 0 spiro atoms. The van der Waals surface area contributed by atoms with Crippen LogP contribution in [0.2, 0.25) is 0 Å². The van der Waals surface area contributed by atoms with Crippen molar-refractivity contribution in [2.24, 2.45) is 7.05 Å². The van der Waals surface area contributed by atoms with E-state index >= 15 is 0 Å². The van der Waals surface area contributed by atoms with Gasteiger partial charge in [-0.25, -0.2) is 9.37 Å². The van der Waals surface area contributed by atoms with Crippen LogP contribution in [-0.2, 0) is 18.3 Å². The molecule has 0 saturated carbocycles. The first kappa shape index (κ1) is 21.4. The van der Waals surface area contributed by atoms with Crippen LogP contribution in [0.5, 0.6) is 0 Å². The van der Waals surface area contributed by atoms with Gasteiger partial charge in [0.15, 0.2) is 0 Å². The summed E-state index contributed by atoms with van der Waals surface area (Å²) in [5.41, 5.74) is 2.76. The monoisotopic (exact) mass is 435 g/mol. The Labute approximate surface area is 179 Å². The molecule has 2 aromatic heterocycles. The highest BCUT2D eigenvalue weighted by molar-refractivity contribution is 7.15. The minimum atomic E-state index is -0.455. The van der Waals surface area contributed by atoms with E-state index in [0.717, 1.165) is 46.0 Å². The number of fused-ring (bicyclic) bond motifs is 1. The highest BCUT2D eigenvalue weighted by atomic mass is 35.5. The van der Waals surface area contributed by atoms with Crippen molar-refractivity contribution < 1.29 is 9.18 Å². The van der Waals surface area contributed by atoms with Crippen molar-refractivity contribution in [3.63, 3.8) is 0 Å². The Kier molecular flexibility index (Phi) is 6.66. The summed E-state index contributed by atoms with van der Waals surface area (Å²) < 4.78 is 14.9. The zero-order valence-corrected chi connectivity index (χ0v) is 17.8. The van der Waals surface area contributed by atoms with Gasteiger partial charge < -0.3 is 10.6 Å². The maximum Gasteiger partial charge on any atom is 0.242 e. The zero-order chi connectivity index (χ0) is 19.7. The average molecular weight is 436 g/mol. The fraction of sp³-hybridized carbons (Fsp3) is 0.350. The van der Waals surface area contributed by atoms with E-state index in [9.17, 15) is 9.18 Å². The number of nitrogens with one attached hydrogen (secondary N) is 2. The lowest BCUT2D eigenvalue weighted by molar-refractivity contribution is -0.124. The molecule has 29 heavy (non-hydrogen) atoms. The minimum Gasteiger partial charge on any atom is -0.347 e. The summed E-state index contributed by atoms with van der Waals surface area (Å²) in [6, 6.07) is 5.86. The molecule has 2 unspecified atom stereocenters. The van der Waals surface area contributed by atoms with Gasteiger partial charge in [-0.1, -0.05) is 0 Å². The van der Waals surface area contributed by atoms with Gasteiger partial charge in [-0.15, -0.1) is 23.7 Å². The third-order valence-electron chi connectivity index (χ3n) is 4.97. The quantitative estimate of drug-likeness (QED) is 0.642. The van der Waals surface area contributed by atoms with Gasteiger partial charge in [-0.3, -0.25) is 9.48 Å². The van der Waals surface area contributed by atoms with E-state index in [4.69, 9.17) is 4.98 Å². The second-order valence-electron chi connectivity index (χ2n) is 6.96. The lowest BCUT2D eigenvalue weighted by Gasteiger charge is -2.24. The minimum absolute atomic E-state index is 0. The van der Waals surface area contributed by atoms with E-state index in [2.05, 4.69) is 15.7 Å². The van der Waals surface area contributed by atoms with Crippen molar-refractivity contribution in [3.05, 3.63) is 58.6 Å². The molecule has 1 amide bonds. The predicted octanol–water partition coefficient (Wildman–Crippen LogP) is 3.56. The Morgan fingerprint density at radius 2 is 2.10 bits per heavy atom. The number of thiazole rings is 1. The third-order valence-corrected chi connectivity index (χ3v) is 6.23. The van der Waals surface area contributed by atoms with Crippen molar-refractivity contribution in [3.8, 4) is 10.6 Å². The molecule has 0 fully saturated rings. The molecular formula is C20H23ClFN5OS. The summed E-state index contributed by atoms with van der Waals surface area (Å²) in [5.74, 6) is -0.339. The van der Waals surface area contributed by atoms with Crippen LogP contribution in [0.25, 0.3) is 10.6 Å². The number of halogens is 2. The first-order valence-corrected chi connectivity index (χ1v) is 10.1. The van der Waals surface area contributed by atoms with Gasteiger partial charge in [0.25, 0.3) is 0 Å². The highest BCUT2D eigenvalue weighted by Gasteiger charge is 2.29. The smallest absolute Gasteiger partial charge is 0.242 e. The van der Waals surface area contributed by atoms with E-state index in [1.807, 2.05) is 13.2 Å². The number of carbonyl (C=O) groups excluding carboxylic acids is 1. The number of carbonyl (C=O) groups is 1. The van der Waals surface area contributed by atoms with E-state index in [1.54, 1.807) is 41.4 Å². The standard InChI is InChI=1S/C20H22FN5OS.ClH/c1-22-17(13-10-23-26(2)11-13)19(27)24-15-4-3-5-16-18(15)28-20(25-16)12-6-8-14(21)9-7-12;/h6-11,15,17,22H,3-5H2,1-2H3,(H,24,27);1H. The van der Waals surface area contributed by atoms with Gasteiger partial charge in [0.05, 0.1) is 22.8 Å². The van der Waals surface area contributed by atoms with Crippen LogP contribution in [-0.4, -0.2) is 27.7 Å². The SMILES string of the molecule is CNC(C(=O)NC1CCCc2nc(-c3ccc(F)cc3)sc21)c1cnn(C)c1.Cl. The number of rotatable bonds is 5. The number of aryl methyl sites for hydroxylation is 2. The van der Waals surface area contributed by atoms with E-state index in [0.29, 0.717) is 0 Å². The van der Waals surface area contributed by atoms with Crippen molar-refractivity contribution in [2.75, 3.05) is 7.05 Å². The summed E-state index contributed by atoms with van der Waals surface area (Å²) in [6.45, 7) is 0. The molecule has 1 aromatic carbocycles. The molecule has 6 nitrogen and oxygen atoms in total. The molecule has 1 aliphatic carbocycles.